The second-order valence-corrected chi connectivity index (χ2v) is 11.2. The summed E-state index contributed by atoms with van der Waals surface area (Å²) in [5, 5.41) is 0. The summed E-state index contributed by atoms with van der Waals surface area (Å²) >= 11 is 0. The molecule has 3 heterocycles. The molecule has 194 valence electrons. The summed E-state index contributed by atoms with van der Waals surface area (Å²) in [5.74, 6) is 1.63. The molecule has 3 aromatic rings. The van der Waals surface area contributed by atoms with Gasteiger partial charge in [-0.2, -0.15) is 0 Å². The van der Waals surface area contributed by atoms with Crippen LogP contribution in [0.5, 0.6) is 11.5 Å². The third-order valence-electron chi connectivity index (χ3n) is 7.92. The largest absolute Gasteiger partial charge is 0.490 e. The van der Waals surface area contributed by atoms with E-state index in [4.69, 9.17) is 19.9 Å². The molecule has 1 aromatic heterocycles. The van der Waals surface area contributed by atoms with Crippen LogP contribution in [-0.2, 0) is 16.8 Å². The van der Waals surface area contributed by atoms with Crippen LogP contribution in [0.15, 0.2) is 54.7 Å². The van der Waals surface area contributed by atoms with Crippen molar-refractivity contribution in [3.63, 3.8) is 0 Å². The number of hydrogen-bond acceptors (Lipinski definition) is 7. The Balaban J connectivity index is 1.07. The molecule has 0 unspecified atom stereocenters. The molecule has 2 saturated heterocycles. The van der Waals surface area contributed by atoms with Crippen LogP contribution in [0.3, 0.4) is 0 Å². The molecule has 3 aliphatic rings. The highest BCUT2D eigenvalue weighted by atomic mass is 19.1. The van der Waals surface area contributed by atoms with E-state index < -0.39 is 5.82 Å². The highest BCUT2D eigenvalue weighted by Gasteiger charge is 2.50. The number of anilines is 1. The van der Waals surface area contributed by atoms with Crippen molar-refractivity contribution in [3.8, 4) is 11.5 Å². The third-order valence-corrected chi connectivity index (χ3v) is 7.92. The molecule has 2 aromatic carbocycles. The van der Waals surface area contributed by atoms with Gasteiger partial charge in [0.15, 0.2) is 5.82 Å². The highest BCUT2D eigenvalue weighted by Crippen LogP contribution is 2.39. The maximum absolute atomic E-state index is 14.4. The summed E-state index contributed by atoms with van der Waals surface area (Å²) in [6.45, 7) is 7.68. The number of nitrogens with two attached hydrogens (primary N) is 1. The molecule has 0 atom stereocenters. The van der Waals surface area contributed by atoms with Gasteiger partial charge < -0.3 is 24.8 Å². The van der Waals surface area contributed by atoms with Gasteiger partial charge in [0.2, 0.25) is 5.95 Å². The maximum Gasteiger partial charge on any atom is 0.225 e. The number of rotatable bonds is 8. The monoisotopic (exact) mass is 504 g/mol. The molecule has 7 nitrogen and oxygen atoms in total. The molecule has 0 amide bonds. The Morgan fingerprint density at radius 1 is 1.03 bits per heavy atom. The first-order valence-corrected chi connectivity index (χ1v) is 12.9. The van der Waals surface area contributed by atoms with E-state index in [9.17, 15) is 4.39 Å². The summed E-state index contributed by atoms with van der Waals surface area (Å²) in [5.41, 5.74) is 8.49. The predicted octanol–water partition coefficient (Wildman–Crippen LogP) is 4.23. The number of nitrogens with zero attached hydrogens (tertiary/aromatic N) is 3. The summed E-state index contributed by atoms with van der Waals surface area (Å²) in [6.07, 6.45) is 3.30. The first kappa shape index (κ1) is 24.1. The number of hydrogen-bond donors (Lipinski definition) is 1. The lowest BCUT2D eigenvalue weighted by Crippen LogP contribution is -2.66. The Labute approximate surface area is 216 Å². The molecule has 37 heavy (non-hydrogen) atoms. The van der Waals surface area contributed by atoms with Gasteiger partial charge in [0.1, 0.15) is 29.9 Å². The van der Waals surface area contributed by atoms with E-state index in [0.29, 0.717) is 11.7 Å². The van der Waals surface area contributed by atoms with Crippen LogP contribution in [0.4, 0.5) is 10.3 Å². The van der Waals surface area contributed by atoms with Gasteiger partial charge in [0.05, 0.1) is 24.8 Å². The van der Waals surface area contributed by atoms with Crippen molar-refractivity contribution in [2.75, 3.05) is 31.2 Å². The lowest BCUT2D eigenvalue weighted by Gasteiger charge is -2.54. The average Bonchev–Trinajstić information content (AvgIpc) is 2.82. The van der Waals surface area contributed by atoms with E-state index in [2.05, 4.69) is 53.0 Å². The van der Waals surface area contributed by atoms with E-state index in [1.807, 2.05) is 24.3 Å². The fraction of sp³-hybridized carbons (Fsp3) is 0.448. The van der Waals surface area contributed by atoms with Gasteiger partial charge in [-0.05, 0) is 48.2 Å². The van der Waals surface area contributed by atoms with Crippen molar-refractivity contribution >= 4 is 5.95 Å². The van der Waals surface area contributed by atoms with Crippen molar-refractivity contribution in [3.05, 3.63) is 77.4 Å². The zero-order valence-corrected chi connectivity index (χ0v) is 21.3. The molecule has 3 fully saturated rings. The molecule has 2 aliphatic heterocycles. The molecule has 1 spiro atoms. The fourth-order valence-corrected chi connectivity index (χ4v) is 5.25. The molecule has 8 heteroatoms. The standard InChI is InChI=1S/C29H33FN4O3/c1-28(2,20-5-9-23(10-6-20)37-24-11-21(31)12-24)19-3-7-22(8-4-19)36-14-26-25(30)13-32-27(33-26)34-15-29(16-34)17-35-18-29/h3-10,13,21,24H,11-12,14-18,31H2,1-2H3/t21-,24+. The summed E-state index contributed by atoms with van der Waals surface area (Å²) < 4.78 is 31.6. The predicted molar refractivity (Wildman–Crippen MR) is 138 cm³/mol. The fourth-order valence-electron chi connectivity index (χ4n) is 5.25. The molecule has 0 bridgehead atoms. The minimum absolute atomic E-state index is 0.0412. The molecule has 2 N–H and O–H groups in total. The van der Waals surface area contributed by atoms with Gasteiger partial charge in [-0.1, -0.05) is 38.1 Å². The Kier molecular flexibility index (Phi) is 6.04. The number of aromatic nitrogens is 2. The SMILES string of the molecule is CC(C)(c1ccc(OCc2nc(N3CC4(COC4)C3)ncc2F)cc1)c1ccc(O[C@H]2C[C@@H](N)C2)cc1. The quantitative estimate of drug-likeness (QED) is 0.492. The molecule has 6 rings (SSSR count). The Morgan fingerprint density at radius 3 is 2.22 bits per heavy atom. The van der Waals surface area contributed by atoms with Gasteiger partial charge in [-0.3, -0.25) is 0 Å². The lowest BCUT2D eigenvalue weighted by atomic mass is 9.78. The lowest BCUT2D eigenvalue weighted by molar-refractivity contribution is -0.127. The highest BCUT2D eigenvalue weighted by molar-refractivity contribution is 5.42. The van der Waals surface area contributed by atoms with Crippen molar-refractivity contribution in [1.82, 2.24) is 9.97 Å². The minimum Gasteiger partial charge on any atom is -0.490 e. The molecule has 1 aliphatic carbocycles. The zero-order valence-electron chi connectivity index (χ0n) is 21.3. The maximum atomic E-state index is 14.4. The minimum atomic E-state index is -0.462. The topological polar surface area (TPSA) is 82.7 Å². The van der Waals surface area contributed by atoms with Crippen LogP contribution in [0.25, 0.3) is 0 Å². The summed E-state index contributed by atoms with van der Waals surface area (Å²) in [6, 6.07) is 16.5. The van der Waals surface area contributed by atoms with Gasteiger partial charge in [-0.25, -0.2) is 14.4 Å². The van der Waals surface area contributed by atoms with Crippen LogP contribution in [-0.4, -0.2) is 48.4 Å². The molecule has 0 radical (unpaired) electrons. The normalized spacial score (nSPS) is 22.1. The van der Waals surface area contributed by atoms with E-state index in [1.54, 1.807) is 0 Å². The third kappa shape index (κ3) is 4.76. The van der Waals surface area contributed by atoms with Crippen molar-refractivity contribution in [2.45, 2.75) is 50.9 Å². The molecule has 1 saturated carbocycles. The van der Waals surface area contributed by atoms with Crippen LogP contribution >= 0.6 is 0 Å². The van der Waals surface area contributed by atoms with Crippen LogP contribution in [0.1, 0.15) is 43.5 Å². The van der Waals surface area contributed by atoms with E-state index in [1.165, 1.54) is 11.8 Å². The Morgan fingerprint density at radius 2 is 1.65 bits per heavy atom. The van der Waals surface area contributed by atoms with Gasteiger partial charge in [0, 0.05) is 24.5 Å². The van der Waals surface area contributed by atoms with Crippen molar-refractivity contribution in [1.29, 1.82) is 0 Å². The second-order valence-electron chi connectivity index (χ2n) is 11.2. The number of ether oxygens (including phenoxy) is 3. The van der Waals surface area contributed by atoms with Crippen LogP contribution in [0.2, 0.25) is 0 Å². The van der Waals surface area contributed by atoms with Gasteiger partial charge >= 0.3 is 0 Å². The summed E-state index contributed by atoms with van der Waals surface area (Å²) in [7, 11) is 0. The van der Waals surface area contributed by atoms with Crippen molar-refractivity contribution in [2.24, 2.45) is 11.1 Å². The number of benzene rings is 2. The van der Waals surface area contributed by atoms with E-state index in [-0.39, 0.29) is 35.3 Å². The van der Waals surface area contributed by atoms with Crippen molar-refractivity contribution < 1.29 is 18.6 Å². The smallest absolute Gasteiger partial charge is 0.225 e. The Hall–Kier alpha value is -3.23. The first-order valence-electron chi connectivity index (χ1n) is 12.9. The summed E-state index contributed by atoms with van der Waals surface area (Å²) in [4.78, 5) is 10.7. The van der Waals surface area contributed by atoms with E-state index >= 15 is 0 Å². The Bertz CT molecular complexity index is 1250. The van der Waals surface area contributed by atoms with Gasteiger partial charge in [0.25, 0.3) is 0 Å². The van der Waals surface area contributed by atoms with E-state index in [0.717, 1.165) is 50.5 Å². The van der Waals surface area contributed by atoms with Crippen LogP contribution < -0.4 is 20.1 Å². The van der Waals surface area contributed by atoms with Crippen LogP contribution in [0, 0.1) is 11.2 Å². The van der Waals surface area contributed by atoms with Gasteiger partial charge in [-0.15, -0.1) is 0 Å². The zero-order chi connectivity index (χ0) is 25.6. The number of halogens is 1. The second kappa shape index (κ2) is 9.26. The average molecular weight is 505 g/mol. The first-order chi connectivity index (χ1) is 17.8. The molecular formula is C29H33FN4O3. The molecular weight excluding hydrogens is 471 g/mol.